The van der Waals surface area contributed by atoms with Crippen molar-refractivity contribution in [1.82, 2.24) is 5.32 Å². The zero-order valence-electron chi connectivity index (χ0n) is 10.8. The Labute approximate surface area is 107 Å². The maximum absolute atomic E-state index is 11.3. The topological polar surface area (TPSA) is 64.6 Å². The molecule has 5 heteroatoms. The lowest BCUT2D eigenvalue weighted by molar-refractivity contribution is 0.0696. The molecule has 1 aromatic rings. The lowest BCUT2D eigenvalue weighted by Gasteiger charge is -2.30. The molecule has 98 valence electrons. The molecule has 1 aromatic carbocycles. The number of hydrogen-bond acceptors (Lipinski definition) is 4. The predicted octanol–water partition coefficient (Wildman–Crippen LogP) is 1.14. The lowest BCUT2D eigenvalue weighted by atomic mass is 10.0. The molecule has 0 radical (unpaired) electrons. The van der Waals surface area contributed by atoms with Crippen LogP contribution in [0.1, 0.15) is 15.9 Å². The first-order valence-corrected chi connectivity index (χ1v) is 6.15. The van der Waals surface area contributed by atoms with Gasteiger partial charge in [-0.15, -0.1) is 0 Å². The molecule has 0 unspecified atom stereocenters. The van der Waals surface area contributed by atoms with Gasteiger partial charge in [-0.05, 0) is 24.6 Å². The van der Waals surface area contributed by atoms with Crippen molar-refractivity contribution in [2.75, 3.05) is 43.4 Å². The highest BCUT2D eigenvalue weighted by atomic mass is 16.4. The Morgan fingerprint density at radius 2 is 2.06 bits per heavy atom. The lowest BCUT2D eigenvalue weighted by Crippen LogP contribution is -2.43. The Balaban J connectivity index is 2.41. The van der Waals surface area contributed by atoms with Gasteiger partial charge in [-0.1, -0.05) is 0 Å². The SMILES string of the molecule is CNc1cc(N2CCNCC2)cc(C(=O)O)c1C. The van der Waals surface area contributed by atoms with Gasteiger partial charge < -0.3 is 20.6 Å². The van der Waals surface area contributed by atoms with Crippen LogP contribution in [0.3, 0.4) is 0 Å². The first-order chi connectivity index (χ1) is 8.63. The maximum Gasteiger partial charge on any atom is 0.336 e. The van der Waals surface area contributed by atoms with E-state index in [2.05, 4.69) is 15.5 Å². The van der Waals surface area contributed by atoms with Crippen molar-refractivity contribution in [3.63, 3.8) is 0 Å². The molecule has 0 saturated carbocycles. The summed E-state index contributed by atoms with van der Waals surface area (Å²) in [4.78, 5) is 13.5. The van der Waals surface area contributed by atoms with Crippen LogP contribution in [0.15, 0.2) is 12.1 Å². The first-order valence-electron chi connectivity index (χ1n) is 6.15. The van der Waals surface area contributed by atoms with Crippen LogP contribution in [0.4, 0.5) is 11.4 Å². The minimum atomic E-state index is -0.874. The molecule has 2 rings (SSSR count). The second-order valence-corrected chi connectivity index (χ2v) is 4.46. The Morgan fingerprint density at radius 3 is 2.61 bits per heavy atom. The van der Waals surface area contributed by atoms with Gasteiger partial charge in [-0.25, -0.2) is 4.79 Å². The molecule has 18 heavy (non-hydrogen) atoms. The van der Waals surface area contributed by atoms with Crippen LogP contribution in [0.5, 0.6) is 0 Å². The average molecular weight is 249 g/mol. The van der Waals surface area contributed by atoms with Crippen molar-refractivity contribution in [2.24, 2.45) is 0 Å². The van der Waals surface area contributed by atoms with E-state index in [0.29, 0.717) is 5.56 Å². The fourth-order valence-corrected chi connectivity index (χ4v) is 2.29. The standard InChI is InChI=1S/C13H19N3O2/c1-9-11(13(17)18)7-10(8-12(9)14-2)16-5-3-15-4-6-16/h7-8,14-15H,3-6H2,1-2H3,(H,17,18). The van der Waals surface area contributed by atoms with Crippen molar-refractivity contribution in [1.29, 1.82) is 0 Å². The molecule has 0 atom stereocenters. The monoisotopic (exact) mass is 249 g/mol. The fourth-order valence-electron chi connectivity index (χ4n) is 2.29. The van der Waals surface area contributed by atoms with Gasteiger partial charge >= 0.3 is 5.97 Å². The molecule has 5 nitrogen and oxygen atoms in total. The van der Waals surface area contributed by atoms with E-state index >= 15 is 0 Å². The number of nitrogens with one attached hydrogen (secondary N) is 2. The van der Waals surface area contributed by atoms with E-state index in [1.54, 1.807) is 6.07 Å². The number of benzene rings is 1. The molecule has 3 N–H and O–H groups in total. The highest BCUT2D eigenvalue weighted by Gasteiger charge is 2.16. The van der Waals surface area contributed by atoms with Crippen LogP contribution in [-0.4, -0.2) is 44.3 Å². The average Bonchev–Trinajstić information content (AvgIpc) is 2.39. The number of carboxylic acid groups (broad SMARTS) is 1. The molecule has 1 aliphatic heterocycles. The van der Waals surface area contributed by atoms with Crippen molar-refractivity contribution in [3.05, 3.63) is 23.3 Å². The summed E-state index contributed by atoms with van der Waals surface area (Å²) in [5, 5.41) is 15.6. The predicted molar refractivity (Wildman–Crippen MR) is 72.8 cm³/mol. The Kier molecular flexibility index (Phi) is 3.72. The summed E-state index contributed by atoms with van der Waals surface area (Å²) in [6.07, 6.45) is 0. The third-order valence-corrected chi connectivity index (χ3v) is 3.37. The number of hydrogen-bond donors (Lipinski definition) is 3. The quantitative estimate of drug-likeness (QED) is 0.750. The molecule has 0 spiro atoms. The van der Waals surface area contributed by atoms with Gasteiger partial charge in [0, 0.05) is 44.6 Å². The summed E-state index contributed by atoms with van der Waals surface area (Å²) in [6, 6.07) is 3.79. The summed E-state index contributed by atoms with van der Waals surface area (Å²) in [5.74, 6) is -0.874. The van der Waals surface area contributed by atoms with Crippen molar-refractivity contribution in [3.8, 4) is 0 Å². The van der Waals surface area contributed by atoms with E-state index in [1.165, 1.54) is 0 Å². The number of anilines is 2. The van der Waals surface area contributed by atoms with Crippen molar-refractivity contribution < 1.29 is 9.90 Å². The van der Waals surface area contributed by atoms with Crippen molar-refractivity contribution in [2.45, 2.75) is 6.92 Å². The maximum atomic E-state index is 11.3. The molecule has 0 aliphatic carbocycles. The number of carboxylic acids is 1. The zero-order chi connectivity index (χ0) is 13.1. The van der Waals surface area contributed by atoms with Gasteiger partial charge in [0.2, 0.25) is 0 Å². The third kappa shape index (κ3) is 2.41. The fraction of sp³-hybridized carbons (Fsp3) is 0.462. The second-order valence-electron chi connectivity index (χ2n) is 4.46. The summed E-state index contributed by atoms with van der Waals surface area (Å²) < 4.78 is 0. The number of aromatic carboxylic acids is 1. The van der Waals surface area contributed by atoms with Gasteiger partial charge in [-0.2, -0.15) is 0 Å². The number of nitrogens with zero attached hydrogens (tertiary/aromatic N) is 1. The van der Waals surface area contributed by atoms with Crippen LogP contribution in [-0.2, 0) is 0 Å². The minimum Gasteiger partial charge on any atom is -0.478 e. The molecule has 0 bridgehead atoms. The number of piperazine rings is 1. The minimum absolute atomic E-state index is 0.371. The van der Waals surface area contributed by atoms with Crippen molar-refractivity contribution >= 4 is 17.3 Å². The summed E-state index contributed by atoms with van der Waals surface area (Å²) in [6.45, 7) is 5.52. The van der Waals surface area contributed by atoms with E-state index < -0.39 is 5.97 Å². The molecule has 0 amide bonds. The zero-order valence-corrected chi connectivity index (χ0v) is 10.8. The first kappa shape index (κ1) is 12.7. The van der Waals surface area contributed by atoms with Crippen LogP contribution in [0.2, 0.25) is 0 Å². The van der Waals surface area contributed by atoms with Crippen LogP contribution >= 0.6 is 0 Å². The van der Waals surface area contributed by atoms with Gasteiger partial charge in [-0.3, -0.25) is 0 Å². The Bertz CT molecular complexity index is 454. The van der Waals surface area contributed by atoms with Gasteiger partial charge in [0.05, 0.1) is 5.56 Å². The largest absolute Gasteiger partial charge is 0.478 e. The van der Waals surface area contributed by atoms with Crippen LogP contribution in [0.25, 0.3) is 0 Å². The highest BCUT2D eigenvalue weighted by molar-refractivity contribution is 5.93. The molecular formula is C13H19N3O2. The molecule has 1 fully saturated rings. The summed E-state index contributed by atoms with van der Waals surface area (Å²) >= 11 is 0. The molecule has 1 saturated heterocycles. The summed E-state index contributed by atoms with van der Waals surface area (Å²) in [5.41, 5.74) is 3.01. The molecule has 1 aliphatic rings. The third-order valence-electron chi connectivity index (χ3n) is 3.37. The van der Waals surface area contributed by atoms with Gasteiger partial charge in [0.15, 0.2) is 0 Å². The number of rotatable bonds is 3. The van der Waals surface area contributed by atoms with E-state index in [9.17, 15) is 9.90 Å². The van der Waals surface area contributed by atoms with E-state index in [-0.39, 0.29) is 0 Å². The van der Waals surface area contributed by atoms with Gasteiger partial charge in [0.1, 0.15) is 0 Å². The van der Waals surface area contributed by atoms with E-state index in [1.807, 2.05) is 20.0 Å². The normalized spacial score (nSPS) is 15.6. The Morgan fingerprint density at radius 1 is 1.39 bits per heavy atom. The van der Waals surface area contributed by atoms with E-state index in [0.717, 1.165) is 43.1 Å². The van der Waals surface area contributed by atoms with Gasteiger partial charge in [0.25, 0.3) is 0 Å². The molecular weight excluding hydrogens is 230 g/mol. The van der Waals surface area contributed by atoms with Crippen LogP contribution in [0, 0.1) is 6.92 Å². The summed E-state index contributed by atoms with van der Waals surface area (Å²) in [7, 11) is 1.81. The molecule has 1 heterocycles. The highest BCUT2D eigenvalue weighted by Crippen LogP contribution is 2.27. The number of carbonyl (C=O) groups is 1. The van der Waals surface area contributed by atoms with E-state index in [4.69, 9.17) is 0 Å². The second kappa shape index (κ2) is 5.27. The smallest absolute Gasteiger partial charge is 0.336 e. The molecule has 0 aromatic heterocycles. The Hall–Kier alpha value is -1.75. The van der Waals surface area contributed by atoms with Crippen LogP contribution < -0.4 is 15.5 Å².